The van der Waals surface area contributed by atoms with Gasteiger partial charge in [-0.25, -0.2) is 4.79 Å². The highest BCUT2D eigenvalue weighted by Crippen LogP contribution is 2.32. The summed E-state index contributed by atoms with van der Waals surface area (Å²) < 4.78 is 9.91. The van der Waals surface area contributed by atoms with Crippen molar-refractivity contribution in [1.82, 2.24) is 0 Å². The first-order chi connectivity index (χ1) is 9.04. The van der Waals surface area contributed by atoms with Gasteiger partial charge >= 0.3 is 5.97 Å². The number of nitro groups is 1. The molecule has 1 fully saturated rings. The molecular formula is C12H14N2O5. The molecule has 1 saturated heterocycles. The monoisotopic (exact) mass is 266 g/mol. The van der Waals surface area contributed by atoms with Crippen LogP contribution in [0.25, 0.3) is 0 Å². The van der Waals surface area contributed by atoms with Crippen LogP contribution in [0.15, 0.2) is 18.2 Å². The maximum atomic E-state index is 11.5. The minimum atomic E-state index is -0.529. The van der Waals surface area contributed by atoms with E-state index in [1.54, 1.807) is 11.9 Å². The van der Waals surface area contributed by atoms with Crippen molar-refractivity contribution < 1.29 is 19.2 Å². The molecular weight excluding hydrogens is 252 g/mol. The van der Waals surface area contributed by atoms with Gasteiger partial charge in [0.05, 0.1) is 24.2 Å². The van der Waals surface area contributed by atoms with Gasteiger partial charge < -0.3 is 14.4 Å². The van der Waals surface area contributed by atoms with Crippen LogP contribution in [0.2, 0.25) is 0 Å². The Hall–Kier alpha value is -2.15. The second-order valence-corrected chi connectivity index (χ2v) is 4.18. The summed E-state index contributed by atoms with van der Waals surface area (Å²) in [6, 6.07) is 4.13. The Morgan fingerprint density at radius 2 is 2.26 bits per heavy atom. The number of esters is 1. The number of carbonyl (C=O) groups excluding carboxylic acids is 1. The molecule has 0 radical (unpaired) electrons. The standard InChI is InChI=1S/C12H14N2O5/c1-13(11-5-6-19-11)10-7-8(12(15)18-2)3-4-9(10)14(16)17/h3-4,7,11H,5-6H2,1-2H3/t11-/m0/s1. The molecule has 0 unspecified atom stereocenters. The van der Waals surface area contributed by atoms with E-state index in [0.717, 1.165) is 6.42 Å². The van der Waals surface area contributed by atoms with Gasteiger partial charge in [0.2, 0.25) is 0 Å². The predicted molar refractivity (Wildman–Crippen MR) is 67.2 cm³/mol. The SMILES string of the molecule is COC(=O)c1ccc([N+](=O)[O-])c(N(C)[C@@H]2CCO2)c1. The normalized spacial score (nSPS) is 17.5. The van der Waals surface area contributed by atoms with Crippen molar-refractivity contribution in [2.75, 3.05) is 25.7 Å². The number of nitrogens with zero attached hydrogens (tertiary/aromatic N) is 2. The molecule has 2 rings (SSSR count). The third-order valence-corrected chi connectivity index (χ3v) is 3.08. The van der Waals surface area contributed by atoms with Crippen molar-refractivity contribution in [2.45, 2.75) is 12.6 Å². The molecule has 0 saturated carbocycles. The lowest BCUT2D eigenvalue weighted by molar-refractivity contribution is -0.384. The summed E-state index contributed by atoms with van der Waals surface area (Å²) in [5.41, 5.74) is 0.553. The third-order valence-electron chi connectivity index (χ3n) is 3.08. The summed E-state index contributed by atoms with van der Waals surface area (Å²) in [6.07, 6.45) is 0.613. The van der Waals surface area contributed by atoms with Gasteiger partial charge in [0.1, 0.15) is 11.9 Å². The number of rotatable bonds is 4. The largest absolute Gasteiger partial charge is 0.465 e. The molecule has 1 aliphatic rings. The van der Waals surface area contributed by atoms with Crippen LogP contribution in [0.4, 0.5) is 11.4 Å². The first-order valence-electron chi connectivity index (χ1n) is 5.75. The topological polar surface area (TPSA) is 81.9 Å². The van der Waals surface area contributed by atoms with Gasteiger partial charge in [-0.1, -0.05) is 0 Å². The van der Waals surface area contributed by atoms with Crippen LogP contribution in [0.1, 0.15) is 16.8 Å². The molecule has 1 atom stereocenters. The molecule has 0 spiro atoms. The Bertz CT molecular complexity index is 513. The van der Waals surface area contributed by atoms with Gasteiger partial charge in [-0.15, -0.1) is 0 Å². The zero-order valence-corrected chi connectivity index (χ0v) is 10.7. The highest BCUT2D eigenvalue weighted by Gasteiger charge is 2.28. The Morgan fingerprint density at radius 3 is 2.74 bits per heavy atom. The average molecular weight is 266 g/mol. The van der Waals surface area contributed by atoms with Gasteiger partial charge in [0.25, 0.3) is 5.69 Å². The van der Waals surface area contributed by atoms with E-state index in [4.69, 9.17) is 4.74 Å². The van der Waals surface area contributed by atoms with Crippen LogP contribution in [0.5, 0.6) is 0 Å². The molecule has 102 valence electrons. The molecule has 0 bridgehead atoms. The summed E-state index contributed by atoms with van der Waals surface area (Å²) in [7, 11) is 2.97. The molecule has 1 heterocycles. The van der Waals surface area contributed by atoms with Gasteiger partial charge in [0, 0.05) is 19.5 Å². The van der Waals surface area contributed by atoms with E-state index in [1.807, 2.05) is 0 Å². The highest BCUT2D eigenvalue weighted by atomic mass is 16.6. The van der Waals surface area contributed by atoms with Crippen molar-refractivity contribution in [3.63, 3.8) is 0 Å². The number of ether oxygens (including phenoxy) is 2. The van der Waals surface area contributed by atoms with E-state index in [0.29, 0.717) is 12.3 Å². The summed E-state index contributed by atoms with van der Waals surface area (Å²) in [4.78, 5) is 23.7. The molecule has 0 aromatic heterocycles. The Morgan fingerprint density at radius 1 is 1.58 bits per heavy atom. The summed E-state index contributed by atoms with van der Waals surface area (Å²) >= 11 is 0. The van der Waals surface area contributed by atoms with Crippen LogP contribution in [0.3, 0.4) is 0 Å². The van der Waals surface area contributed by atoms with E-state index in [1.165, 1.54) is 25.3 Å². The lowest BCUT2D eigenvalue weighted by atomic mass is 10.1. The quantitative estimate of drug-likeness (QED) is 0.467. The average Bonchev–Trinajstić information content (AvgIpc) is 2.34. The minimum absolute atomic E-state index is 0.0642. The zero-order chi connectivity index (χ0) is 14.0. The fourth-order valence-corrected chi connectivity index (χ4v) is 1.89. The van der Waals surface area contributed by atoms with E-state index in [9.17, 15) is 14.9 Å². The van der Waals surface area contributed by atoms with Crippen molar-refractivity contribution >= 4 is 17.3 Å². The number of methoxy groups -OCH3 is 1. The van der Waals surface area contributed by atoms with Crippen molar-refractivity contribution in [3.8, 4) is 0 Å². The molecule has 1 aromatic rings. The van der Waals surface area contributed by atoms with Crippen LogP contribution in [0, 0.1) is 10.1 Å². The third kappa shape index (κ3) is 2.50. The zero-order valence-electron chi connectivity index (χ0n) is 10.7. The summed E-state index contributed by atoms with van der Waals surface area (Å²) in [5, 5.41) is 11.0. The first-order valence-corrected chi connectivity index (χ1v) is 5.75. The minimum Gasteiger partial charge on any atom is -0.465 e. The second-order valence-electron chi connectivity index (χ2n) is 4.18. The molecule has 1 aromatic carbocycles. The first kappa shape index (κ1) is 13.3. The second kappa shape index (κ2) is 5.23. The molecule has 7 nitrogen and oxygen atoms in total. The molecule has 7 heteroatoms. The van der Waals surface area contributed by atoms with E-state index < -0.39 is 10.9 Å². The number of carbonyl (C=O) groups is 1. The van der Waals surface area contributed by atoms with Crippen molar-refractivity contribution in [1.29, 1.82) is 0 Å². The molecule has 1 aliphatic heterocycles. The fourth-order valence-electron chi connectivity index (χ4n) is 1.89. The van der Waals surface area contributed by atoms with E-state index in [2.05, 4.69) is 4.74 Å². The molecule has 0 N–H and O–H groups in total. The van der Waals surface area contributed by atoms with Gasteiger partial charge in [0.15, 0.2) is 0 Å². The lowest BCUT2D eigenvalue weighted by Gasteiger charge is -2.35. The number of hydrogen-bond donors (Lipinski definition) is 0. The Labute approximate surface area is 109 Å². The Balaban J connectivity index is 2.40. The maximum absolute atomic E-state index is 11.5. The number of hydrogen-bond acceptors (Lipinski definition) is 6. The van der Waals surface area contributed by atoms with E-state index >= 15 is 0 Å². The van der Waals surface area contributed by atoms with Crippen LogP contribution in [-0.2, 0) is 9.47 Å². The van der Waals surface area contributed by atoms with Gasteiger partial charge in [-0.05, 0) is 12.1 Å². The molecule has 0 aliphatic carbocycles. The summed E-state index contributed by atoms with van der Waals surface area (Å²) in [5.74, 6) is -0.529. The van der Waals surface area contributed by atoms with Crippen LogP contribution in [-0.4, -0.2) is 37.9 Å². The predicted octanol–water partition coefficient (Wildman–Crippen LogP) is 1.56. The summed E-state index contributed by atoms with van der Waals surface area (Å²) in [6.45, 7) is 0.638. The number of nitro benzene ring substituents is 1. The molecule has 0 amide bonds. The van der Waals surface area contributed by atoms with Gasteiger partial charge in [-0.3, -0.25) is 10.1 Å². The smallest absolute Gasteiger partial charge is 0.337 e. The van der Waals surface area contributed by atoms with Crippen LogP contribution < -0.4 is 4.90 Å². The maximum Gasteiger partial charge on any atom is 0.337 e. The lowest BCUT2D eigenvalue weighted by Crippen LogP contribution is -2.42. The number of anilines is 1. The van der Waals surface area contributed by atoms with Gasteiger partial charge in [-0.2, -0.15) is 0 Å². The molecule has 19 heavy (non-hydrogen) atoms. The highest BCUT2D eigenvalue weighted by molar-refractivity contribution is 5.91. The van der Waals surface area contributed by atoms with E-state index in [-0.39, 0.29) is 17.5 Å². The Kier molecular flexibility index (Phi) is 3.66. The number of benzene rings is 1. The van der Waals surface area contributed by atoms with Crippen LogP contribution >= 0.6 is 0 Å². The van der Waals surface area contributed by atoms with Crippen molar-refractivity contribution in [2.24, 2.45) is 0 Å². The fraction of sp³-hybridized carbons (Fsp3) is 0.417. The van der Waals surface area contributed by atoms with Crippen molar-refractivity contribution in [3.05, 3.63) is 33.9 Å².